The van der Waals surface area contributed by atoms with Crippen molar-refractivity contribution in [2.45, 2.75) is 19.3 Å². The number of halogens is 2. The fourth-order valence-electron chi connectivity index (χ4n) is 10.7. The number of hydrogen-bond donors (Lipinski definition) is 0. The lowest BCUT2D eigenvalue weighted by Crippen LogP contribution is -2.15. The van der Waals surface area contributed by atoms with E-state index in [1.807, 2.05) is 12.1 Å². The summed E-state index contributed by atoms with van der Waals surface area (Å²) in [4.78, 5) is 2.42. The molecule has 314 valence electrons. The van der Waals surface area contributed by atoms with Crippen molar-refractivity contribution in [3.63, 3.8) is 0 Å². The zero-order valence-electron chi connectivity index (χ0n) is 36.1. The smallest absolute Gasteiger partial charge is 0.159 e. The zero-order chi connectivity index (χ0) is 44.3. The molecule has 3 nitrogen and oxygen atoms in total. The van der Waals surface area contributed by atoms with Crippen molar-refractivity contribution in [3.05, 3.63) is 220 Å². The van der Waals surface area contributed by atoms with Gasteiger partial charge in [-0.2, -0.15) is 0 Å². The summed E-state index contributed by atoms with van der Waals surface area (Å²) in [5.74, 6) is 0. The molecule has 0 atom stereocenters. The zero-order valence-corrected chi connectivity index (χ0v) is 39.2. The van der Waals surface area contributed by atoms with Crippen LogP contribution in [0.15, 0.2) is 218 Å². The molecule has 0 aliphatic heterocycles. The van der Waals surface area contributed by atoms with Gasteiger partial charge in [0.15, 0.2) is 5.58 Å². The van der Waals surface area contributed by atoms with Gasteiger partial charge in [0.25, 0.3) is 0 Å². The van der Waals surface area contributed by atoms with Gasteiger partial charge < -0.3 is 13.7 Å². The van der Waals surface area contributed by atoms with Crippen LogP contribution in [0.5, 0.6) is 0 Å². The molecule has 0 bridgehead atoms. The first-order valence-electron chi connectivity index (χ1n) is 22.3. The molecule has 1 aliphatic carbocycles. The average Bonchev–Trinajstić information content (AvgIpc) is 4.01. The Morgan fingerprint density at radius 1 is 0.409 bits per heavy atom. The van der Waals surface area contributed by atoms with E-state index in [0.29, 0.717) is 0 Å². The van der Waals surface area contributed by atoms with Crippen molar-refractivity contribution in [3.8, 4) is 44.5 Å². The largest absolute Gasteiger partial charge is 0.455 e. The van der Waals surface area contributed by atoms with Crippen molar-refractivity contribution in [2.75, 3.05) is 4.90 Å². The van der Waals surface area contributed by atoms with Crippen LogP contribution in [0.2, 0.25) is 0 Å². The van der Waals surface area contributed by atoms with E-state index in [-0.39, 0.29) is 5.41 Å². The molecule has 0 amide bonds. The van der Waals surface area contributed by atoms with Crippen LogP contribution in [0, 0.1) is 0 Å². The number of rotatable bonds is 6. The third kappa shape index (κ3) is 5.86. The third-order valence-corrected chi connectivity index (χ3v) is 15.1. The predicted octanol–water partition coefficient (Wildman–Crippen LogP) is 18.9. The second-order valence-corrected chi connectivity index (χ2v) is 19.5. The highest BCUT2D eigenvalue weighted by Gasteiger charge is 2.36. The molecule has 10 aromatic carbocycles. The molecule has 0 unspecified atom stereocenters. The number of furan rings is 2. The van der Waals surface area contributed by atoms with Gasteiger partial charge >= 0.3 is 0 Å². The number of hydrogen-bond acceptors (Lipinski definition) is 3. The quantitative estimate of drug-likeness (QED) is 0.166. The first-order chi connectivity index (χ1) is 32.3. The normalized spacial score (nSPS) is 13.0. The van der Waals surface area contributed by atoms with E-state index in [4.69, 9.17) is 8.83 Å². The topological polar surface area (TPSA) is 29.5 Å². The highest BCUT2D eigenvalue weighted by Crippen LogP contribution is 2.54. The molecule has 66 heavy (non-hydrogen) atoms. The van der Waals surface area contributed by atoms with Crippen LogP contribution in [0.1, 0.15) is 25.0 Å². The summed E-state index contributed by atoms with van der Waals surface area (Å²) in [7, 11) is 0. The molecule has 0 saturated carbocycles. The molecule has 5 heteroatoms. The molecule has 1 aliphatic rings. The molecule has 0 saturated heterocycles. The Labute approximate surface area is 398 Å². The maximum Gasteiger partial charge on any atom is 0.159 e. The van der Waals surface area contributed by atoms with E-state index in [1.54, 1.807) is 0 Å². The van der Waals surface area contributed by atoms with Crippen LogP contribution in [-0.2, 0) is 5.41 Å². The fourth-order valence-corrected chi connectivity index (χ4v) is 11.8. The Hall–Kier alpha value is -7.18. The number of fused-ring (bicyclic) bond motifs is 10. The molecule has 2 heterocycles. The van der Waals surface area contributed by atoms with Crippen LogP contribution in [-0.4, -0.2) is 0 Å². The number of benzene rings is 10. The summed E-state index contributed by atoms with van der Waals surface area (Å²) < 4.78 is 16.2. The highest BCUT2D eigenvalue weighted by atomic mass is 79.9. The van der Waals surface area contributed by atoms with E-state index >= 15 is 0 Å². The van der Waals surface area contributed by atoms with E-state index in [2.05, 4.69) is 239 Å². The van der Waals surface area contributed by atoms with Crippen molar-refractivity contribution in [1.82, 2.24) is 0 Å². The minimum Gasteiger partial charge on any atom is -0.455 e. The van der Waals surface area contributed by atoms with E-state index in [1.165, 1.54) is 33.4 Å². The molecule has 0 spiro atoms. The minimum atomic E-state index is -0.126. The van der Waals surface area contributed by atoms with Crippen LogP contribution in [0.4, 0.5) is 17.1 Å². The monoisotopic (exact) mass is 975 g/mol. The lowest BCUT2D eigenvalue weighted by Gasteiger charge is -2.28. The van der Waals surface area contributed by atoms with Crippen LogP contribution in [0.3, 0.4) is 0 Å². The fraction of sp³-hybridized carbons (Fsp3) is 0.0492. The average molecular weight is 978 g/mol. The molecule has 0 radical (unpaired) electrons. The summed E-state index contributed by atoms with van der Waals surface area (Å²) in [6, 6.07) is 72.0. The summed E-state index contributed by atoms with van der Waals surface area (Å²) in [6.45, 7) is 4.68. The second kappa shape index (κ2) is 14.9. The van der Waals surface area contributed by atoms with Gasteiger partial charge in [0.2, 0.25) is 0 Å². The Bertz CT molecular complexity index is 3940. The van der Waals surface area contributed by atoms with Gasteiger partial charge in [-0.1, -0.05) is 185 Å². The minimum absolute atomic E-state index is 0.126. The standard InChI is InChI=1S/C61H39Br2NO2/c1-61(2)48-21-10-9-19-43(48)47-35-40(27-32-49(47)61)64(52-23-11-18-39-34-38(26-28-41(39)52)36-14-5-3-6-15-36)53-24-12-20-45-55-44(30-29-42(59(55)66-58(45)53)37-16-7-4-8-17-37)57-51(63)33-31-46-56-50(62)22-13-25-54(56)65-60(46)57/h3-35H,1-2H3. The molecule has 0 N–H and O–H groups in total. The first-order valence-corrected chi connectivity index (χ1v) is 23.9. The molecule has 2 aromatic heterocycles. The maximum atomic E-state index is 7.46. The van der Waals surface area contributed by atoms with Crippen molar-refractivity contribution >= 4 is 104 Å². The lowest BCUT2D eigenvalue weighted by molar-refractivity contribution is 0.660. The molecule has 13 rings (SSSR count). The first kappa shape index (κ1) is 39.2. The van der Waals surface area contributed by atoms with Crippen LogP contribution < -0.4 is 4.90 Å². The Balaban J connectivity index is 1.11. The van der Waals surface area contributed by atoms with Gasteiger partial charge in [-0.3, -0.25) is 0 Å². The molecule has 0 fully saturated rings. The van der Waals surface area contributed by atoms with Gasteiger partial charge in [0.05, 0.1) is 11.4 Å². The summed E-state index contributed by atoms with van der Waals surface area (Å²) >= 11 is 7.83. The maximum absolute atomic E-state index is 7.46. The summed E-state index contributed by atoms with van der Waals surface area (Å²) in [5.41, 5.74) is 17.9. The van der Waals surface area contributed by atoms with Gasteiger partial charge in [-0.05, 0) is 111 Å². The highest BCUT2D eigenvalue weighted by molar-refractivity contribution is 9.11. The predicted molar refractivity (Wildman–Crippen MR) is 282 cm³/mol. The van der Waals surface area contributed by atoms with E-state index in [0.717, 1.165) is 103 Å². The summed E-state index contributed by atoms with van der Waals surface area (Å²) in [5, 5.41) is 6.44. The second-order valence-electron chi connectivity index (χ2n) is 17.8. The number of nitrogens with zero attached hydrogens (tertiary/aromatic N) is 1. The van der Waals surface area contributed by atoms with Gasteiger partial charge in [-0.25, -0.2) is 0 Å². The molecular formula is C61H39Br2NO2. The van der Waals surface area contributed by atoms with Gasteiger partial charge in [0, 0.05) is 58.1 Å². The SMILES string of the molecule is CC1(C)c2ccccc2-c2cc(N(c3cccc4cc(-c5ccccc5)ccc34)c3cccc4c3oc3c(-c5ccccc5)ccc(-c5c(Br)ccc6c5oc5cccc(Br)c56)c34)ccc21. The third-order valence-electron chi connectivity index (χ3n) is 13.8. The van der Waals surface area contributed by atoms with Crippen molar-refractivity contribution in [1.29, 1.82) is 0 Å². The van der Waals surface area contributed by atoms with E-state index < -0.39 is 0 Å². The summed E-state index contributed by atoms with van der Waals surface area (Å²) in [6.07, 6.45) is 0. The Morgan fingerprint density at radius 3 is 1.95 bits per heavy atom. The van der Waals surface area contributed by atoms with Crippen LogP contribution >= 0.6 is 31.9 Å². The van der Waals surface area contributed by atoms with Crippen molar-refractivity contribution in [2.24, 2.45) is 0 Å². The molecular weight excluding hydrogens is 938 g/mol. The van der Waals surface area contributed by atoms with Gasteiger partial charge in [-0.15, -0.1) is 0 Å². The Morgan fingerprint density at radius 2 is 1.11 bits per heavy atom. The van der Waals surface area contributed by atoms with Gasteiger partial charge in [0.1, 0.15) is 16.7 Å². The number of para-hydroxylation sites is 1. The number of anilines is 3. The lowest BCUT2D eigenvalue weighted by atomic mass is 9.82. The molecule has 12 aromatic rings. The van der Waals surface area contributed by atoms with E-state index in [9.17, 15) is 0 Å². The Kier molecular flexibility index (Phi) is 8.87. The van der Waals surface area contributed by atoms with Crippen molar-refractivity contribution < 1.29 is 8.83 Å². The van der Waals surface area contributed by atoms with Crippen LogP contribution in [0.25, 0.3) is 99.2 Å².